The maximum absolute atomic E-state index is 5.56. The SMILES string of the molecule is CC(C)Oc1ccc(CN(C)C)cc1. The maximum Gasteiger partial charge on any atom is 0.119 e. The molecule has 0 aliphatic carbocycles. The fourth-order valence-corrected chi connectivity index (χ4v) is 1.31. The number of hydrogen-bond donors (Lipinski definition) is 0. The Bertz CT molecular complexity index is 235. The molecule has 78 valence electrons. The van der Waals surface area contributed by atoms with Crippen molar-refractivity contribution < 1.29 is 4.74 Å². The van der Waals surface area contributed by atoms with Crippen LogP contribution in [0.4, 0.5) is 0 Å². The van der Waals surface area contributed by atoms with Crippen LogP contribution < -0.4 is 4.74 Å². The standard InChI is InChI=1S/C12H19NO/c1-10(2)14-12-7-5-11(6-8-12)9-13(3)4/h5-8,10H,9H2,1-4H3. The minimum Gasteiger partial charge on any atom is -0.491 e. The van der Waals surface area contributed by atoms with Gasteiger partial charge in [-0.2, -0.15) is 0 Å². The van der Waals surface area contributed by atoms with Crippen molar-refractivity contribution in [3.63, 3.8) is 0 Å². The molecule has 0 saturated heterocycles. The Hall–Kier alpha value is -1.02. The summed E-state index contributed by atoms with van der Waals surface area (Å²) in [4.78, 5) is 2.15. The van der Waals surface area contributed by atoms with Crippen molar-refractivity contribution in [2.45, 2.75) is 26.5 Å². The first-order valence-electron chi connectivity index (χ1n) is 4.98. The third-order valence-corrected chi connectivity index (χ3v) is 1.79. The molecule has 1 aromatic carbocycles. The Kier molecular flexibility index (Phi) is 3.96. The average Bonchev–Trinajstić information content (AvgIpc) is 2.06. The first-order valence-corrected chi connectivity index (χ1v) is 4.98. The van der Waals surface area contributed by atoms with Crippen LogP contribution in [0.25, 0.3) is 0 Å². The number of ether oxygens (including phenoxy) is 1. The Labute approximate surface area is 86.5 Å². The van der Waals surface area contributed by atoms with Gasteiger partial charge >= 0.3 is 0 Å². The van der Waals surface area contributed by atoms with Crippen LogP contribution in [0, 0.1) is 0 Å². The molecule has 0 aromatic heterocycles. The Morgan fingerprint density at radius 3 is 2.14 bits per heavy atom. The third kappa shape index (κ3) is 3.79. The Morgan fingerprint density at radius 1 is 1.14 bits per heavy atom. The van der Waals surface area contributed by atoms with Crippen molar-refractivity contribution in [2.75, 3.05) is 14.1 Å². The molecule has 1 rings (SSSR count). The van der Waals surface area contributed by atoms with E-state index in [0.29, 0.717) is 0 Å². The fraction of sp³-hybridized carbons (Fsp3) is 0.500. The zero-order valence-electron chi connectivity index (χ0n) is 9.45. The van der Waals surface area contributed by atoms with Crippen molar-refractivity contribution >= 4 is 0 Å². The second-order valence-electron chi connectivity index (χ2n) is 4.05. The predicted molar refractivity (Wildman–Crippen MR) is 59.6 cm³/mol. The van der Waals surface area contributed by atoms with Crippen molar-refractivity contribution in [1.29, 1.82) is 0 Å². The van der Waals surface area contributed by atoms with Gasteiger partial charge in [-0.15, -0.1) is 0 Å². The normalized spacial score (nSPS) is 11.0. The van der Waals surface area contributed by atoms with Gasteiger partial charge in [0, 0.05) is 6.54 Å². The molecular weight excluding hydrogens is 174 g/mol. The van der Waals surface area contributed by atoms with Crippen LogP contribution >= 0.6 is 0 Å². The molecule has 0 spiro atoms. The molecule has 1 aromatic rings. The lowest BCUT2D eigenvalue weighted by Crippen LogP contribution is -2.10. The summed E-state index contributed by atoms with van der Waals surface area (Å²) in [6.45, 7) is 5.05. The highest BCUT2D eigenvalue weighted by molar-refractivity contribution is 5.27. The van der Waals surface area contributed by atoms with E-state index in [-0.39, 0.29) is 6.10 Å². The van der Waals surface area contributed by atoms with Crippen LogP contribution in [0.5, 0.6) is 5.75 Å². The fourth-order valence-electron chi connectivity index (χ4n) is 1.31. The van der Waals surface area contributed by atoms with Crippen molar-refractivity contribution in [1.82, 2.24) is 4.90 Å². The second-order valence-corrected chi connectivity index (χ2v) is 4.05. The molecule has 2 heteroatoms. The van der Waals surface area contributed by atoms with Crippen molar-refractivity contribution in [3.05, 3.63) is 29.8 Å². The predicted octanol–water partition coefficient (Wildman–Crippen LogP) is 2.54. The Balaban J connectivity index is 2.59. The summed E-state index contributed by atoms with van der Waals surface area (Å²) in [5.74, 6) is 0.947. The van der Waals surface area contributed by atoms with Crippen LogP contribution in [0.1, 0.15) is 19.4 Å². The molecule has 0 N–H and O–H groups in total. The highest BCUT2D eigenvalue weighted by Gasteiger charge is 1.98. The molecule has 0 radical (unpaired) electrons. The molecule has 14 heavy (non-hydrogen) atoms. The van der Waals surface area contributed by atoms with Gasteiger partial charge in [-0.1, -0.05) is 12.1 Å². The minimum absolute atomic E-state index is 0.245. The topological polar surface area (TPSA) is 12.5 Å². The molecule has 0 aliphatic rings. The van der Waals surface area contributed by atoms with Crippen molar-refractivity contribution in [3.8, 4) is 5.75 Å². The van der Waals surface area contributed by atoms with Gasteiger partial charge in [0.05, 0.1) is 6.10 Å². The lowest BCUT2D eigenvalue weighted by Gasteiger charge is -2.12. The molecule has 0 heterocycles. The monoisotopic (exact) mass is 193 g/mol. The third-order valence-electron chi connectivity index (χ3n) is 1.79. The highest BCUT2D eigenvalue weighted by atomic mass is 16.5. The zero-order chi connectivity index (χ0) is 10.6. The van der Waals surface area contributed by atoms with E-state index in [1.807, 2.05) is 26.0 Å². The van der Waals surface area contributed by atoms with Crippen LogP contribution in [0.15, 0.2) is 24.3 Å². The molecule has 0 atom stereocenters. The highest BCUT2D eigenvalue weighted by Crippen LogP contribution is 2.14. The van der Waals surface area contributed by atoms with Gasteiger partial charge in [-0.3, -0.25) is 0 Å². The smallest absolute Gasteiger partial charge is 0.119 e. The summed E-state index contributed by atoms with van der Waals surface area (Å²) in [7, 11) is 4.14. The first-order chi connectivity index (χ1) is 6.58. The van der Waals surface area contributed by atoms with E-state index in [9.17, 15) is 0 Å². The van der Waals surface area contributed by atoms with E-state index < -0.39 is 0 Å². The summed E-state index contributed by atoms with van der Waals surface area (Å²) >= 11 is 0. The summed E-state index contributed by atoms with van der Waals surface area (Å²) in [5.41, 5.74) is 1.31. The van der Waals surface area contributed by atoms with Gasteiger partial charge in [-0.05, 0) is 45.6 Å². The molecule has 0 aliphatic heterocycles. The van der Waals surface area contributed by atoms with Crippen LogP contribution in [-0.4, -0.2) is 25.1 Å². The first kappa shape index (κ1) is 11.1. The molecule has 0 saturated carbocycles. The van der Waals surface area contributed by atoms with Gasteiger partial charge in [0.1, 0.15) is 5.75 Å². The van der Waals surface area contributed by atoms with Gasteiger partial charge < -0.3 is 9.64 Å². The minimum atomic E-state index is 0.245. The van der Waals surface area contributed by atoms with E-state index in [1.54, 1.807) is 0 Å². The number of hydrogen-bond acceptors (Lipinski definition) is 2. The molecule has 0 bridgehead atoms. The quantitative estimate of drug-likeness (QED) is 0.728. The molecular formula is C12H19NO. The van der Waals surface area contributed by atoms with Crippen LogP contribution in [-0.2, 0) is 6.54 Å². The number of rotatable bonds is 4. The summed E-state index contributed by atoms with van der Waals surface area (Å²) in [6, 6.07) is 8.27. The Morgan fingerprint density at radius 2 is 1.71 bits per heavy atom. The average molecular weight is 193 g/mol. The van der Waals surface area contributed by atoms with Gasteiger partial charge in [-0.25, -0.2) is 0 Å². The lowest BCUT2D eigenvalue weighted by atomic mass is 10.2. The molecule has 0 fully saturated rings. The summed E-state index contributed by atoms with van der Waals surface area (Å²) < 4.78 is 5.56. The lowest BCUT2D eigenvalue weighted by molar-refractivity contribution is 0.242. The van der Waals surface area contributed by atoms with Crippen molar-refractivity contribution in [2.24, 2.45) is 0 Å². The number of nitrogens with zero attached hydrogens (tertiary/aromatic N) is 1. The zero-order valence-corrected chi connectivity index (χ0v) is 9.45. The van der Waals surface area contributed by atoms with Crippen LogP contribution in [0.3, 0.4) is 0 Å². The summed E-state index contributed by atoms with van der Waals surface area (Å²) in [5, 5.41) is 0. The van der Waals surface area contributed by atoms with Gasteiger partial charge in [0.2, 0.25) is 0 Å². The second kappa shape index (κ2) is 5.01. The molecule has 0 unspecified atom stereocenters. The summed E-state index contributed by atoms with van der Waals surface area (Å²) in [6.07, 6.45) is 0.245. The molecule has 0 amide bonds. The molecule has 2 nitrogen and oxygen atoms in total. The van der Waals surface area contributed by atoms with E-state index in [4.69, 9.17) is 4.74 Å². The van der Waals surface area contributed by atoms with Gasteiger partial charge in [0.15, 0.2) is 0 Å². The van der Waals surface area contributed by atoms with E-state index in [1.165, 1.54) is 5.56 Å². The number of benzene rings is 1. The van der Waals surface area contributed by atoms with E-state index >= 15 is 0 Å². The van der Waals surface area contributed by atoms with Gasteiger partial charge in [0.25, 0.3) is 0 Å². The van der Waals surface area contributed by atoms with E-state index in [2.05, 4.69) is 31.1 Å². The largest absolute Gasteiger partial charge is 0.491 e. The van der Waals surface area contributed by atoms with E-state index in [0.717, 1.165) is 12.3 Å². The maximum atomic E-state index is 5.56. The van der Waals surface area contributed by atoms with Crippen LogP contribution in [0.2, 0.25) is 0 Å².